The van der Waals surface area contributed by atoms with Gasteiger partial charge < -0.3 is 10.4 Å². The molecule has 0 radical (unpaired) electrons. The molecule has 0 saturated heterocycles. The van der Waals surface area contributed by atoms with Gasteiger partial charge in [-0.2, -0.15) is 0 Å². The van der Waals surface area contributed by atoms with Gasteiger partial charge in [0.05, 0.1) is 0 Å². The lowest BCUT2D eigenvalue weighted by molar-refractivity contribution is -0.131. The lowest BCUT2D eigenvalue weighted by Gasteiger charge is -2.07. The van der Waals surface area contributed by atoms with Crippen LogP contribution in [0, 0.1) is 5.82 Å². The van der Waals surface area contributed by atoms with E-state index in [2.05, 4.69) is 5.32 Å². The smallest absolute Gasteiger partial charge is 0.330 e. The van der Waals surface area contributed by atoms with E-state index in [0.29, 0.717) is 17.8 Å². The highest BCUT2D eigenvalue weighted by molar-refractivity contribution is 5.81. The molecule has 3 nitrogen and oxygen atoms in total. The molecule has 0 aliphatic rings. The summed E-state index contributed by atoms with van der Waals surface area (Å²) >= 11 is 0. The van der Waals surface area contributed by atoms with Crippen LogP contribution in [0.2, 0.25) is 0 Å². The van der Waals surface area contributed by atoms with Gasteiger partial charge in [-0.3, -0.25) is 0 Å². The van der Waals surface area contributed by atoms with Crippen LogP contribution >= 0.6 is 0 Å². The number of nitrogens with one attached hydrogen (secondary N) is 1. The molecule has 0 atom stereocenters. The first kappa shape index (κ1) is 11.2. The molecule has 0 bridgehead atoms. The number of aliphatic carboxylic acids is 1. The van der Waals surface area contributed by atoms with Crippen LogP contribution in [0.5, 0.6) is 0 Å². The Morgan fingerprint density at radius 2 is 2.07 bits per heavy atom. The van der Waals surface area contributed by atoms with Gasteiger partial charge >= 0.3 is 5.97 Å². The van der Waals surface area contributed by atoms with Gasteiger partial charge in [-0.05, 0) is 30.7 Å². The van der Waals surface area contributed by atoms with Crippen molar-refractivity contribution in [3.63, 3.8) is 0 Å². The number of hydrogen-bond acceptors (Lipinski definition) is 2. The van der Waals surface area contributed by atoms with Crippen molar-refractivity contribution in [2.75, 3.05) is 5.32 Å². The second-order valence-corrected chi connectivity index (χ2v) is 2.99. The lowest BCUT2D eigenvalue weighted by atomic mass is 10.2. The fourth-order valence-corrected chi connectivity index (χ4v) is 1.09. The minimum Gasteiger partial charge on any atom is -0.478 e. The van der Waals surface area contributed by atoms with Gasteiger partial charge in [0.15, 0.2) is 0 Å². The van der Waals surface area contributed by atoms with Crippen LogP contribution in [0.15, 0.2) is 36.0 Å². The SMILES string of the molecule is CCC(=CC(=O)O)Nc1ccc(F)cc1. The van der Waals surface area contributed by atoms with Gasteiger partial charge in [0, 0.05) is 17.5 Å². The Morgan fingerprint density at radius 1 is 1.47 bits per heavy atom. The van der Waals surface area contributed by atoms with E-state index < -0.39 is 5.97 Å². The van der Waals surface area contributed by atoms with E-state index in [4.69, 9.17) is 5.11 Å². The minimum absolute atomic E-state index is 0.319. The summed E-state index contributed by atoms with van der Waals surface area (Å²) < 4.78 is 12.6. The van der Waals surface area contributed by atoms with E-state index in [1.54, 1.807) is 12.1 Å². The molecule has 0 fully saturated rings. The molecular formula is C11H12FNO2. The Labute approximate surface area is 87.2 Å². The van der Waals surface area contributed by atoms with Gasteiger partial charge in [-0.25, -0.2) is 9.18 Å². The molecule has 0 heterocycles. The van der Waals surface area contributed by atoms with E-state index in [-0.39, 0.29) is 5.82 Å². The summed E-state index contributed by atoms with van der Waals surface area (Å²) in [6.07, 6.45) is 1.67. The molecule has 0 amide bonds. The number of rotatable bonds is 4. The largest absolute Gasteiger partial charge is 0.478 e. The maximum Gasteiger partial charge on any atom is 0.330 e. The van der Waals surface area contributed by atoms with Crippen LogP contribution in [0.3, 0.4) is 0 Å². The van der Waals surface area contributed by atoms with Gasteiger partial charge in [0.25, 0.3) is 0 Å². The van der Waals surface area contributed by atoms with Crippen LogP contribution in [-0.4, -0.2) is 11.1 Å². The van der Waals surface area contributed by atoms with Gasteiger partial charge in [0.1, 0.15) is 5.82 Å². The Morgan fingerprint density at radius 3 is 2.53 bits per heavy atom. The topological polar surface area (TPSA) is 49.3 Å². The zero-order valence-electron chi connectivity index (χ0n) is 8.33. The summed E-state index contributed by atoms with van der Waals surface area (Å²) in [6.45, 7) is 1.84. The van der Waals surface area contributed by atoms with Crippen LogP contribution in [0.4, 0.5) is 10.1 Å². The Balaban J connectivity index is 2.75. The van der Waals surface area contributed by atoms with Crippen molar-refractivity contribution in [2.45, 2.75) is 13.3 Å². The quantitative estimate of drug-likeness (QED) is 0.749. The number of carboxylic acids is 1. The van der Waals surface area contributed by atoms with Crippen molar-refractivity contribution >= 4 is 11.7 Å². The lowest BCUT2D eigenvalue weighted by Crippen LogP contribution is -2.02. The third-order valence-corrected chi connectivity index (χ3v) is 1.83. The van der Waals surface area contributed by atoms with Crippen molar-refractivity contribution in [3.8, 4) is 0 Å². The van der Waals surface area contributed by atoms with Crippen LogP contribution in [0.1, 0.15) is 13.3 Å². The fraction of sp³-hybridized carbons (Fsp3) is 0.182. The number of carbonyl (C=O) groups is 1. The van der Waals surface area contributed by atoms with Crippen molar-refractivity contribution in [1.29, 1.82) is 0 Å². The molecule has 1 aromatic carbocycles. The van der Waals surface area contributed by atoms with Crippen molar-refractivity contribution in [2.24, 2.45) is 0 Å². The summed E-state index contributed by atoms with van der Waals surface area (Å²) in [5.41, 5.74) is 1.25. The third-order valence-electron chi connectivity index (χ3n) is 1.83. The molecule has 0 saturated carbocycles. The van der Waals surface area contributed by atoms with E-state index >= 15 is 0 Å². The fourth-order valence-electron chi connectivity index (χ4n) is 1.09. The summed E-state index contributed by atoms with van der Waals surface area (Å²) in [5, 5.41) is 11.5. The molecule has 0 spiro atoms. The standard InChI is InChI=1S/C11H12FNO2/c1-2-9(7-11(14)15)13-10-5-3-8(12)4-6-10/h3-7,13H,2H2,1H3,(H,14,15). The Kier molecular flexibility index (Phi) is 3.85. The molecular weight excluding hydrogens is 197 g/mol. The van der Waals surface area contributed by atoms with Crippen molar-refractivity contribution in [1.82, 2.24) is 0 Å². The van der Waals surface area contributed by atoms with Crippen molar-refractivity contribution in [3.05, 3.63) is 41.9 Å². The predicted octanol–water partition coefficient (Wildman–Crippen LogP) is 2.62. The van der Waals surface area contributed by atoms with E-state index in [9.17, 15) is 9.18 Å². The van der Waals surface area contributed by atoms with Gasteiger partial charge in [-0.1, -0.05) is 6.92 Å². The minimum atomic E-state index is -0.999. The molecule has 0 aromatic heterocycles. The zero-order chi connectivity index (χ0) is 11.3. The summed E-state index contributed by atoms with van der Waals surface area (Å²) in [4.78, 5) is 10.4. The van der Waals surface area contributed by atoms with E-state index in [0.717, 1.165) is 6.08 Å². The molecule has 0 aliphatic carbocycles. The van der Waals surface area contributed by atoms with Gasteiger partial charge in [-0.15, -0.1) is 0 Å². The molecule has 1 rings (SSSR count). The monoisotopic (exact) mass is 209 g/mol. The van der Waals surface area contributed by atoms with Crippen LogP contribution < -0.4 is 5.32 Å². The first-order valence-electron chi connectivity index (χ1n) is 4.58. The highest BCUT2D eigenvalue weighted by Gasteiger charge is 1.99. The molecule has 1 aromatic rings. The molecule has 80 valence electrons. The first-order chi connectivity index (χ1) is 7.11. The number of anilines is 1. The van der Waals surface area contributed by atoms with Crippen LogP contribution in [0.25, 0.3) is 0 Å². The number of halogens is 1. The average molecular weight is 209 g/mol. The van der Waals surface area contributed by atoms with Crippen LogP contribution in [-0.2, 0) is 4.79 Å². The highest BCUT2D eigenvalue weighted by atomic mass is 19.1. The summed E-state index contributed by atoms with van der Waals surface area (Å²) in [6, 6.07) is 5.74. The molecule has 4 heteroatoms. The number of carboxylic acid groups (broad SMARTS) is 1. The number of hydrogen-bond donors (Lipinski definition) is 2. The molecule has 0 aliphatic heterocycles. The molecule has 0 unspecified atom stereocenters. The first-order valence-corrected chi connectivity index (χ1v) is 4.58. The third kappa shape index (κ3) is 3.81. The second-order valence-electron chi connectivity index (χ2n) is 2.99. The maximum atomic E-state index is 12.6. The Bertz CT molecular complexity index is 371. The number of allylic oxidation sites excluding steroid dienone is 1. The Hall–Kier alpha value is -1.84. The number of benzene rings is 1. The molecule has 2 N–H and O–H groups in total. The van der Waals surface area contributed by atoms with Gasteiger partial charge in [0.2, 0.25) is 0 Å². The second kappa shape index (κ2) is 5.14. The summed E-state index contributed by atoms with van der Waals surface area (Å²) in [5.74, 6) is -1.32. The highest BCUT2D eigenvalue weighted by Crippen LogP contribution is 2.12. The normalized spacial score (nSPS) is 11.2. The average Bonchev–Trinajstić information content (AvgIpc) is 2.19. The van der Waals surface area contributed by atoms with Crippen molar-refractivity contribution < 1.29 is 14.3 Å². The maximum absolute atomic E-state index is 12.6. The van der Waals surface area contributed by atoms with E-state index in [1.807, 2.05) is 6.92 Å². The zero-order valence-corrected chi connectivity index (χ0v) is 8.33. The predicted molar refractivity (Wildman–Crippen MR) is 56.0 cm³/mol. The summed E-state index contributed by atoms with van der Waals surface area (Å²) in [7, 11) is 0. The van der Waals surface area contributed by atoms with E-state index in [1.165, 1.54) is 12.1 Å². The molecule has 15 heavy (non-hydrogen) atoms.